The second kappa shape index (κ2) is 5.03. The van der Waals surface area contributed by atoms with Gasteiger partial charge in [-0.2, -0.15) is 0 Å². The predicted octanol–water partition coefficient (Wildman–Crippen LogP) is -1.11. The summed E-state index contributed by atoms with van der Waals surface area (Å²) in [7, 11) is 3.32. The second-order valence-corrected chi connectivity index (χ2v) is 1.78. The van der Waals surface area contributed by atoms with E-state index in [-0.39, 0.29) is 6.04 Å². The summed E-state index contributed by atoms with van der Waals surface area (Å²) in [6.07, 6.45) is 0. The summed E-state index contributed by atoms with van der Waals surface area (Å²) in [5.41, 5.74) is 3.77. The zero-order valence-electron chi connectivity index (χ0n) is 5.52. The quantitative estimate of drug-likeness (QED) is 0.511. The van der Waals surface area contributed by atoms with Gasteiger partial charge in [0, 0.05) is 14.2 Å². The number of hydrogen-bond donors (Lipinski definition) is 1. The van der Waals surface area contributed by atoms with Gasteiger partial charge in [-0.1, -0.05) is 0 Å². The van der Waals surface area contributed by atoms with Crippen LogP contribution in [-0.4, -0.2) is 33.5 Å². The molecule has 0 aromatic carbocycles. The van der Waals surface area contributed by atoms with Gasteiger partial charge in [0.25, 0.3) is 0 Å². The molecule has 0 aliphatic heterocycles. The van der Waals surface area contributed by atoms with Gasteiger partial charge >= 0.3 is 0 Å². The molecular formula is C5H14NO2+. The van der Waals surface area contributed by atoms with Gasteiger partial charge in [-0.3, -0.25) is 0 Å². The van der Waals surface area contributed by atoms with Crippen molar-refractivity contribution in [1.82, 2.24) is 0 Å². The summed E-state index contributed by atoms with van der Waals surface area (Å²) in [6, 6.07) is 0.269. The first kappa shape index (κ1) is 7.88. The van der Waals surface area contributed by atoms with E-state index in [2.05, 4.69) is 5.73 Å². The first-order chi connectivity index (χ1) is 3.81. The summed E-state index contributed by atoms with van der Waals surface area (Å²) in [4.78, 5) is 0. The molecule has 8 heavy (non-hydrogen) atoms. The Balaban J connectivity index is 2.92. The zero-order valence-corrected chi connectivity index (χ0v) is 5.52. The number of rotatable bonds is 4. The van der Waals surface area contributed by atoms with Crippen LogP contribution >= 0.6 is 0 Å². The molecule has 0 aliphatic rings. The standard InChI is InChI=1S/C5H13NO2/c1-7-3-5(6)4-8-2/h5H,3-4,6H2,1-2H3/p+1. The van der Waals surface area contributed by atoms with E-state index >= 15 is 0 Å². The molecule has 0 saturated heterocycles. The van der Waals surface area contributed by atoms with Crippen molar-refractivity contribution in [2.45, 2.75) is 6.04 Å². The number of quaternary nitrogens is 1. The van der Waals surface area contributed by atoms with E-state index in [1.807, 2.05) is 0 Å². The van der Waals surface area contributed by atoms with Gasteiger partial charge in [0.1, 0.15) is 19.3 Å². The maximum absolute atomic E-state index is 4.81. The van der Waals surface area contributed by atoms with E-state index in [0.29, 0.717) is 13.2 Å². The first-order valence-corrected chi connectivity index (χ1v) is 2.62. The average molecular weight is 120 g/mol. The summed E-state index contributed by atoms with van der Waals surface area (Å²) >= 11 is 0. The lowest BCUT2D eigenvalue weighted by Gasteiger charge is -2.03. The molecule has 0 fully saturated rings. The lowest BCUT2D eigenvalue weighted by atomic mass is 10.4. The molecule has 0 amide bonds. The molecule has 0 radical (unpaired) electrons. The Morgan fingerprint density at radius 2 is 1.62 bits per heavy atom. The van der Waals surface area contributed by atoms with Crippen molar-refractivity contribution in [2.75, 3.05) is 27.4 Å². The van der Waals surface area contributed by atoms with E-state index in [9.17, 15) is 0 Å². The monoisotopic (exact) mass is 120 g/mol. The van der Waals surface area contributed by atoms with Crippen LogP contribution in [0.3, 0.4) is 0 Å². The normalized spacial score (nSPS) is 10.5. The minimum Gasteiger partial charge on any atom is -0.378 e. The highest BCUT2D eigenvalue weighted by atomic mass is 16.5. The van der Waals surface area contributed by atoms with Crippen LogP contribution in [0.1, 0.15) is 0 Å². The Hall–Kier alpha value is -0.120. The minimum absolute atomic E-state index is 0.269. The van der Waals surface area contributed by atoms with Crippen LogP contribution in [0.2, 0.25) is 0 Å². The van der Waals surface area contributed by atoms with Crippen LogP contribution in [-0.2, 0) is 9.47 Å². The maximum Gasteiger partial charge on any atom is 0.132 e. The van der Waals surface area contributed by atoms with E-state index in [0.717, 1.165) is 0 Å². The first-order valence-electron chi connectivity index (χ1n) is 2.62. The van der Waals surface area contributed by atoms with Crippen molar-refractivity contribution in [1.29, 1.82) is 0 Å². The third-order valence-electron chi connectivity index (χ3n) is 0.805. The van der Waals surface area contributed by atoms with E-state index in [1.165, 1.54) is 0 Å². The van der Waals surface area contributed by atoms with E-state index in [4.69, 9.17) is 9.47 Å². The summed E-state index contributed by atoms with van der Waals surface area (Å²) < 4.78 is 9.63. The fourth-order valence-electron chi connectivity index (χ4n) is 0.520. The topological polar surface area (TPSA) is 46.1 Å². The summed E-state index contributed by atoms with van der Waals surface area (Å²) in [5.74, 6) is 0. The summed E-state index contributed by atoms with van der Waals surface area (Å²) in [5, 5.41) is 0. The maximum atomic E-state index is 4.81. The predicted molar refractivity (Wildman–Crippen MR) is 30.4 cm³/mol. The molecular weight excluding hydrogens is 106 g/mol. The Kier molecular flexibility index (Phi) is 4.95. The van der Waals surface area contributed by atoms with Crippen LogP contribution in [0.4, 0.5) is 0 Å². The molecule has 0 saturated carbocycles. The fourth-order valence-corrected chi connectivity index (χ4v) is 0.520. The van der Waals surface area contributed by atoms with Crippen LogP contribution in [0.5, 0.6) is 0 Å². The Morgan fingerprint density at radius 1 is 1.25 bits per heavy atom. The Labute approximate surface area is 49.8 Å². The largest absolute Gasteiger partial charge is 0.378 e. The van der Waals surface area contributed by atoms with Crippen molar-refractivity contribution in [3.8, 4) is 0 Å². The van der Waals surface area contributed by atoms with Crippen LogP contribution in [0.15, 0.2) is 0 Å². The molecule has 0 unspecified atom stereocenters. The molecule has 0 bridgehead atoms. The highest BCUT2D eigenvalue weighted by molar-refractivity contribution is 4.45. The van der Waals surface area contributed by atoms with Gasteiger partial charge in [-0.25, -0.2) is 0 Å². The molecule has 0 spiro atoms. The van der Waals surface area contributed by atoms with Gasteiger partial charge in [0.2, 0.25) is 0 Å². The lowest BCUT2D eigenvalue weighted by molar-refractivity contribution is -0.432. The van der Waals surface area contributed by atoms with Crippen molar-refractivity contribution in [3.63, 3.8) is 0 Å². The smallest absolute Gasteiger partial charge is 0.132 e. The molecule has 0 aromatic heterocycles. The van der Waals surface area contributed by atoms with Crippen molar-refractivity contribution >= 4 is 0 Å². The molecule has 3 nitrogen and oxygen atoms in total. The third kappa shape index (κ3) is 4.05. The molecule has 0 aliphatic carbocycles. The Bertz CT molecular complexity index is 43.7. The van der Waals surface area contributed by atoms with Crippen LogP contribution < -0.4 is 5.73 Å². The molecule has 3 N–H and O–H groups in total. The van der Waals surface area contributed by atoms with Gasteiger partial charge in [-0.05, 0) is 0 Å². The Morgan fingerprint density at radius 3 is 1.88 bits per heavy atom. The minimum atomic E-state index is 0.269. The average Bonchev–Trinajstić information content (AvgIpc) is 1.68. The van der Waals surface area contributed by atoms with E-state index < -0.39 is 0 Å². The highest BCUT2D eigenvalue weighted by Crippen LogP contribution is 1.75. The van der Waals surface area contributed by atoms with Crippen molar-refractivity contribution in [3.05, 3.63) is 0 Å². The van der Waals surface area contributed by atoms with Gasteiger partial charge in [0.15, 0.2) is 0 Å². The van der Waals surface area contributed by atoms with Gasteiger partial charge in [-0.15, -0.1) is 0 Å². The number of hydrogen-bond acceptors (Lipinski definition) is 2. The highest BCUT2D eigenvalue weighted by Gasteiger charge is 2.01. The molecule has 3 heteroatoms. The molecule has 0 atom stereocenters. The second-order valence-electron chi connectivity index (χ2n) is 1.78. The number of methoxy groups -OCH3 is 2. The SMILES string of the molecule is COCC([NH3+])COC. The van der Waals surface area contributed by atoms with Crippen LogP contribution in [0, 0.1) is 0 Å². The molecule has 0 aromatic rings. The van der Waals surface area contributed by atoms with Gasteiger partial charge in [0.05, 0.1) is 0 Å². The molecule has 0 heterocycles. The fraction of sp³-hybridized carbons (Fsp3) is 1.00. The lowest BCUT2D eigenvalue weighted by Crippen LogP contribution is -2.65. The molecule has 0 rings (SSSR count). The zero-order chi connectivity index (χ0) is 6.41. The summed E-state index contributed by atoms with van der Waals surface area (Å²) in [6.45, 7) is 1.35. The van der Waals surface area contributed by atoms with Crippen molar-refractivity contribution < 1.29 is 15.2 Å². The van der Waals surface area contributed by atoms with Crippen LogP contribution in [0.25, 0.3) is 0 Å². The van der Waals surface area contributed by atoms with Crippen molar-refractivity contribution in [2.24, 2.45) is 0 Å². The molecule has 50 valence electrons. The third-order valence-corrected chi connectivity index (χ3v) is 0.805. The van der Waals surface area contributed by atoms with E-state index in [1.54, 1.807) is 14.2 Å². The number of ether oxygens (including phenoxy) is 2. The van der Waals surface area contributed by atoms with Gasteiger partial charge < -0.3 is 15.2 Å².